The number of rotatable bonds is 5. The van der Waals surface area contributed by atoms with E-state index in [4.69, 9.17) is 4.74 Å². The molecule has 0 aliphatic heterocycles. The zero-order chi connectivity index (χ0) is 16.2. The molecule has 0 saturated carbocycles. The molecule has 1 N–H and O–H groups in total. The van der Waals surface area contributed by atoms with Crippen LogP contribution < -0.4 is 4.74 Å². The molecule has 23 heavy (non-hydrogen) atoms. The van der Waals surface area contributed by atoms with Crippen molar-refractivity contribution in [1.82, 2.24) is 15.2 Å². The van der Waals surface area contributed by atoms with Gasteiger partial charge in [-0.05, 0) is 30.3 Å². The molecule has 0 aliphatic carbocycles. The van der Waals surface area contributed by atoms with Gasteiger partial charge < -0.3 is 4.74 Å². The van der Waals surface area contributed by atoms with Crippen LogP contribution in [0, 0.1) is 15.9 Å². The summed E-state index contributed by atoms with van der Waals surface area (Å²) in [5.74, 6) is 0.753. The van der Waals surface area contributed by atoms with Gasteiger partial charge >= 0.3 is 0 Å². The Balaban J connectivity index is 1.76. The highest BCUT2D eigenvalue weighted by molar-refractivity contribution is 5.67. The van der Waals surface area contributed by atoms with E-state index in [1.165, 1.54) is 30.3 Å². The molecule has 1 aromatic heterocycles. The summed E-state index contributed by atoms with van der Waals surface area (Å²) in [6, 6.07) is 11.8. The van der Waals surface area contributed by atoms with E-state index in [1.54, 1.807) is 18.2 Å². The maximum atomic E-state index is 12.8. The number of aromatic amines is 1. The second-order valence-corrected chi connectivity index (χ2v) is 4.62. The predicted octanol–water partition coefficient (Wildman–Crippen LogP) is 3.10. The molecule has 8 heteroatoms. The smallest absolute Gasteiger partial charge is 0.280 e. The molecule has 116 valence electrons. The third-order valence-corrected chi connectivity index (χ3v) is 3.06. The van der Waals surface area contributed by atoms with Crippen molar-refractivity contribution in [1.29, 1.82) is 0 Å². The van der Waals surface area contributed by atoms with E-state index in [9.17, 15) is 14.5 Å². The molecule has 0 aliphatic rings. The molecule has 0 atom stereocenters. The van der Waals surface area contributed by atoms with E-state index in [2.05, 4.69) is 15.2 Å². The Hall–Kier alpha value is -3.29. The minimum absolute atomic E-state index is 0.0718. The molecule has 0 unspecified atom stereocenters. The number of hydrogen-bond acceptors (Lipinski definition) is 5. The van der Waals surface area contributed by atoms with Crippen molar-refractivity contribution in [3.05, 3.63) is 70.3 Å². The van der Waals surface area contributed by atoms with Crippen molar-refractivity contribution in [2.45, 2.75) is 6.61 Å². The topological polar surface area (TPSA) is 93.9 Å². The average Bonchev–Trinajstić information content (AvgIpc) is 3.03. The van der Waals surface area contributed by atoms with Gasteiger partial charge in [-0.2, -0.15) is 5.10 Å². The largest absolute Gasteiger partial charge is 0.486 e. The summed E-state index contributed by atoms with van der Waals surface area (Å²) in [5.41, 5.74) is 0.249. The lowest BCUT2D eigenvalue weighted by Crippen LogP contribution is -1.97. The van der Waals surface area contributed by atoms with Gasteiger partial charge in [0.2, 0.25) is 0 Å². The lowest BCUT2D eigenvalue weighted by atomic mass is 10.2. The number of para-hydroxylation sites is 1. The summed E-state index contributed by atoms with van der Waals surface area (Å²) in [6.07, 6.45) is 0. The normalized spacial score (nSPS) is 10.5. The van der Waals surface area contributed by atoms with E-state index >= 15 is 0 Å². The standard InChI is InChI=1S/C15H11FN4O3/c16-10-5-7-11(8-6-10)23-9-14-17-15(19-18-14)12-3-1-2-4-13(12)20(21)22/h1-8H,9H2,(H,17,18,19). The van der Waals surface area contributed by atoms with Crippen LogP contribution in [0.3, 0.4) is 0 Å². The fourth-order valence-electron chi connectivity index (χ4n) is 1.98. The molecule has 0 saturated heterocycles. The summed E-state index contributed by atoms with van der Waals surface area (Å²) in [6.45, 7) is 0.0826. The Labute approximate surface area is 129 Å². The lowest BCUT2D eigenvalue weighted by Gasteiger charge is -2.02. The van der Waals surface area contributed by atoms with Crippen molar-refractivity contribution < 1.29 is 14.1 Å². The molecule has 0 radical (unpaired) electrons. The number of nitrogens with zero attached hydrogens (tertiary/aromatic N) is 3. The van der Waals surface area contributed by atoms with Crippen molar-refractivity contribution in [2.24, 2.45) is 0 Å². The van der Waals surface area contributed by atoms with Gasteiger partial charge in [0, 0.05) is 6.07 Å². The second kappa shape index (κ2) is 6.22. The Morgan fingerprint density at radius 2 is 1.91 bits per heavy atom. The Bertz CT molecular complexity index is 833. The first-order valence-corrected chi connectivity index (χ1v) is 6.67. The maximum Gasteiger partial charge on any atom is 0.280 e. The van der Waals surface area contributed by atoms with E-state index in [0.717, 1.165) is 0 Å². The van der Waals surface area contributed by atoms with Gasteiger partial charge in [-0.1, -0.05) is 12.1 Å². The molecule has 3 rings (SSSR count). The summed E-state index contributed by atoms with van der Waals surface area (Å²) in [4.78, 5) is 14.7. The first-order valence-electron chi connectivity index (χ1n) is 6.67. The minimum Gasteiger partial charge on any atom is -0.486 e. The predicted molar refractivity (Wildman–Crippen MR) is 79.2 cm³/mol. The number of ether oxygens (including phenoxy) is 1. The molecular formula is C15H11FN4O3. The molecule has 2 aromatic carbocycles. The molecule has 0 bridgehead atoms. The summed E-state index contributed by atoms with van der Waals surface area (Å²) in [7, 11) is 0. The fourth-order valence-corrected chi connectivity index (χ4v) is 1.98. The zero-order valence-electron chi connectivity index (χ0n) is 11.8. The molecule has 0 spiro atoms. The van der Waals surface area contributed by atoms with E-state index in [1.807, 2.05) is 0 Å². The van der Waals surface area contributed by atoms with Crippen molar-refractivity contribution in [2.75, 3.05) is 0 Å². The molecule has 0 amide bonds. The highest BCUT2D eigenvalue weighted by Gasteiger charge is 2.18. The van der Waals surface area contributed by atoms with Crippen LogP contribution in [0.1, 0.15) is 5.82 Å². The number of aromatic nitrogens is 3. The van der Waals surface area contributed by atoms with Crippen LogP contribution in [0.15, 0.2) is 48.5 Å². The Morgan fingerprint density at radius 3 is 2.65 bits per heavy atom. The van der Waals surface area contributed by atoms with Crippen molar-refractivity contribution in [3.63, 3.8) is 0 Å². The monoisotopic (exact) mass is 314 g/mol. The van der Waals surface area contributed by atoms with Crippen LogP contribution in [0.25, 0.3) is 11.4 Å². The van der Waals surface area contributed by atoms with Gasteiger partial charge in [0.15, 0.2) is 11.6 Å². The van der Waals surface area contributed by atoms with E-state index < -0.39 is 4.92 Å². The van der Waals surface area contributed by atoms with Gasteiger partial charge in [0.1, 0.15) is 18.2 Å². The number of H-pyrrole nitrogens is 1. The molecular weight excluding hydrogens is 303 g/mol. The van der Waals surface area contributed by atoms with Gasteiger partial charge in [-0.25, -0.2) is 9.37 Å². The van der Waals surface area contributed by atoms with Crippen LogP contribution >= 0.6 is 0 Å². The molecule has 1 heterocycles. The third kappa shape index (κ3) is 3.31. The molecule has 3 aromatic rings. The highest BCUT2D eigenvalue weighted by Crippen LogP contribution is 2.26. The van der Waals surface area contributed by atoms with Crippen LogP contribution in [0.2, 0.25) is 0 Å². The van der Waals surface area contributed by atoms with Gasteiger partial charge in [-0.15, -0.1) is 0 Å². The quantitative estimate of drug-likeness (QED) is 0.577. The number of nitro groups is 1. The fraction of sp³-hybridized carbons (Fsp3) is 0.0667. The number of halogens is 1. The van der Waals surface area contributed by atoms with Crippen molar-refractivity contribution in [3.8, 4) is 17.1 Å². The maximum absolute atomic E-state index is 12.8. The Kier molecular flexibility index (Phi) is 3.96. The summed E-state index contributed by atoms with van der Waals surface area (Å²) in [5, 5.41) is 17.7. The molecule has 7 nitrogen and oxygen atoms in total. The van der Waals surface area contributed by atoms with Gasteiger partial charge in [0.05, 0.1) is 10.5 Å². The first-order chi connectivity index (χ1) is 11.1. The van der Waals surface area contributed by atoms with Crippen LogP contribution in [-0.4, -0.2) is 20.1 Å². The average molecular weight is 314 g/mol. The van der Waals surface area contributed by atoms with Crippen LogP contribution in [0.5, 0.6) is 5.75 Å². The Morgan fingerprint density at radius 1 is 1.17 bits per heavy atom. The number of hydrogen-bond donors (Lipinski definition) is 1. The zero-order valence-corrected chi connectivity index (χ0v) is 11.8. The summed E-state index contributed by atoms with van der Waals surface area (Å²) < 4.78 is 18.2. The van der Waals surface area contributed by atoms with Gasteiger partial charge in [0.25, 0.3) is 5.69 Å². The van der Waals surface area contributed by atoms with E-state index in [-0.39, 0.29) is 23.9 Å². The lowest BCUT2D eigenvalue weighted by molar-refractivity contribution is -0.384. The second-order valence-electron chi connectivity index (χ2n) is 4.62. The minimum atomic E-state index is -0.486. The summed E-state index contributed by atoms with van der Waals surface area (Å²) >= 11 is 0. The number of nitrogens with one attached hydrogen (secondary N) is 1. The molecule has 0 fully saturated rings. The number of nitro benzene ring substituents is 1. The highest BCUT2D eigenvalue weighted by atomic mass is 19.1. The SMILES string of the molecule is O=[N+]([O-])c1ccccc1-c1n[nH]c(COc2ccc(F)cc2)n1. The first kappa shape index (κ1) is 14.6. The van der Waals surface area contributed by atoms with E-state index in [0.29, 0.717) is 17.1 Å². The van der Waals surface area contributed by atoms with Crippen LogP contribution in [-0.2, 0) is 6.61 Å². The third-order valence-electron chi connectivity index (χ3n) is 3.06. The van der Waals surface area contributed by atoms with Crippen molar-refractivity contribution >= 4 is 5.69 Å². The van der Waals surface area contributed by atoms with Crippen LogP contribution in [0.4, 0.5) is 10.1 Å². The number of benzene rings is 2. The van der Waals surface area contributed by atoms with Gasteiger partial charge in [-0.3, -0.25) is 15.2 Å².